The van der Waals surface area contributed by atoms with Crippen molar-refractivity contribution in [3.8, 4) is 5.75 Å². The van der Waals surface area contributed by atoms with E-state index in [1.807, 2.05) is 60.7 Å². The normalized spacial score (nSPS) is 12.2. The lowest BCUT2D eigenvalue weighted by Gasteiger charge is -2.19. The summed E-state index contributed by atoms with van der Waals surface area (Å²) < 4.78 is 0. The maximum atomic E-state index is 10.9. The quantitative estimate of drug-likeness (QED) is 0.591. The number of aromatic hydroxyl groups is 1. The average molecular weight is 326 g/mol. The van der Waals surface area contributed by atoms with Gasteiger partial charge in [0.1, 0.15) is 11.3 Å². The number of phenolic OH excluding ortho intramolecular Hbond substituents is 1. The molecule has 0 saturated carbocycles. The fraction of sp³-hybridized carbons (Fsp3) is 0.0909. The molecular formula is C22H18N2O. The number of aromatic nitrogens is 2. The Labute approximate surface area is 146 Å². The molecule has 25 heavy (non-hydrogen) atoms. The van der Waals surface area contributed by atoms with Crippen LogP contribution in [0.1, 0.15) is 22.7 Å². The summed E-state index contributed by atoms with van der Waals surface area (Å²) in [6.07, 6.45) is 4.27. The number of hydrogen-bond donors (Lipinski definition) is 1. The number of pyridine rings is 2. The Kier molecular flexibility index (Phi) is 4.13. The van der Waals surface area contributed by atoms with Crippen molar-refractivity contribution < 1.29 is 5.11 Å². The highest BCUT2D eigenvalue weighted by Gasteiger charge is 2.21. The van der Waals surface area contributed by atoms with Crippen LogP contribution in [0, 0.1) is 0 Å². The number of hydrogen-bond acceptors (Lipinski definition) is 3. The van der Waals surface area contributed by atoms with Crippen molar-refractivity contribution in [2.24, 2.45) is 0 Å². The summed E-state index contributed by atoms with van der Waals surface area (Å²) in [5, 5.41) is 11.8. The molecule has 0 bridgehead atoms. The van der Waals surface area contributed by atoms with Crippen molar-refractivity contribution in [1.82, 2.24) is 9.97 Å². The second-order valence-electron chi connectivity index (χ2n) is 6.08. The summed E-state index contributed by atoms with van der Waals surface area (Å²) in [4.78, 5) is 8.90. The molecule has 1 atom stereocenters. The highest BCUT2D eigenvalue weighted by atomic mass is 16.3. The molecular weight excluding hydrogens is 308 g/mol. The fourth-order valence-electron chi connectivity index (χ4n) is 3.23. The number of nitrogens with zero attached hydrogens (tertiary/aromatic N) is 2. The van der Waals surface area contributed by atoms with Crippen molar-refractivity contribution in [3.05, 3.63) is 102 Å². The van der Waals surface area contributed by atoms with E-state index in [-0.39, 0.29) is 11.7 Å². The molecule has 0 aliphatic carbocycles. The van der Waals surface area contributed by atoms with E-state index in [0.29, 0.717) is 5.52 Å². The summed E-state index contributed by atoms with van der Waals surface area (Å²) in [5.74, 6) is 0.208. The van der Waals surface area contributed by atoms with Gasteiger partial charge < -0.3 is 5.11 Å². The first-order valence-corrected chi connectivity index (χ1v) is 8.34. The van der Waals surface area contributed by atoms with Gasteiger partial charge in [-0.25, -0.2) is 0 Å². The predicted molar refractivity (Wildman–Crippen MR) is 99.6 cm³/mol. The average Bonchev–Trinajstić information content (AvgIpc) is 2.69. The van der Waals surface area contributed by atoms with Gasteiger partial charge in [-0.2, -0.15) is 0 Å². The van der Waals surface area contributed by atoms with Crippen molar-refractivity contribution in [3.63, 3.8) is 0 Å². The SMILES string of the molecule is Oc1c(C(Cc2ccccc2)c2ccccn2)ccc2cccnc12. The first kappa shape index (κ1) is 15.3. The largest absolute Gasteiger partial charge is 0.505 e. The molecule has 4 rings (SSSR count). The van der Waals surface area contributed by atoms with Crippen LogP contribution in [0.15, 0.2) is 85.2 Å². The van der Waals surface area contributed by atoms with Gasteiger partial charge in [-0.3, -0.25) is 9.97 Å². The van der Waals surface area contributed by atoms with E-state index in [9.17, 15) is 5.11 Å². The van der Waals surface area contributed by atoms with E-state index in [2.05, 4.69) is 22.1 Å². The molecule has 0 aliphatic heterocycles. The minimum Gasteiger partial charge on any atom is -0.505 e. The standard InChI is InChI=1S/C22H18N2O/c25-22-18(12-11-17-9-6-14-24-21(17)22)19(20-10-4-5-13-23-20)15-16-7-2-1-3-8-16/h1-14,19,25H,15H2. The number of benzene rings is 2. The Morgan fingerprint density at radius 2 is 1.56 bits per heavy atom. The van der Waals surface area contributed by atoms with Crippen molar-refractivity contribution in [2.45, 2.75) is 12.3 Å². The van der Waals surface area contributed by atoms with E-state index in [4.69, 9.17) is 0 Å². The van der Waals surface area contributed by atoms with Crippen molar-refractivity contribution >= 4 is 10.9 Å². The minimum atomic E-state index is -0.0324. The first-order chi connectivity index (χ1) is 12.3. The molecule has 0 fully saturated rings. The summed E-state index contributed by atoms with van der Waals surface area (Å²) in [6, 6.07) is 24.0. The first-order valence-electron chi connectivity index (χ1n) is 8.34. The third-order valence-electron chi connectivity index (χ3n) is 4.48. The molecule has 0 spiro atoms. The second kappa shape index (κ2) is 6.73. The van der Waals surface area contributed by atoms with Gasteiger partial charge in [0.05, 0.1) is 0 Å². The molecule has 2 aromatic heterocycles. The Hall–Kier alpha value is -3.20. The molecule has 3 nitrogen and oxygen atoms in total. The minimum absolute atomic E-state index is 0.0324. The van der Waals surface area contributed by atoms with E-state index < -0.39 is 0 Å². The monoisotopic (exact) mass is 326 g/mol. The molecule has 122 valence electrons. The van der Waals surface area contributed by atoms with Gasteiger partial charge in [-0.15, -0.1) is 0 Å². The van der Waals surface area contributed by atoms with Crippen LogP contribution in [-0.4, -0.2) is 15.1 Å². The third kappa shape index (κ3) is 3.09. The molecule has 0 aliphatic rings. The highest BCUT2D eigenvalue weighted by molar-refractivity contribution is 5.85. The molecule has 0 saturated heterocycles. The van der Waals surface area contributed by atoms with E-state index in [1.165, 1.54) is 5.56 Å². The maximum Gasteiger partial charge on any atom is 0.145 e. The van der Waals surface area contributed by atoms with Crippen molar-refractivity contribution in [1.29, 1.82) is 0 Å². The van der Waals surface area contributed by atoms with Crippen LogP contribution in [0.5, 0.6) is 5.75 Å². The lowest BCUT2D eigenvalue weighted by atomic mass is 9.87. The van der Waals surface area contributed by atoms with Gasteiger partial charge in [-0.05, 0) is 30.2 Å². The van der Waals surface area contributed by atoms with E-state index in [1.54, 1.807) is 12.4 Å². The van der Waals surface area contributed by atoms with Gasteiger partial charge in [-0.1, -0.05) is 54.6 Å². The smallest absolute Gasteiger partial charge is 0.145 e. The van der Waals surface area contributed by atoms with E-state index in [0.717, 1.165) is 23.1 Å². The molecule has 1 unspecified atom stereocenters. The van der Waals surface area contributed by atoms with Gasteiger partial charge >= 0.3 is 0 Å². The molecule has 0 radical (unpaired) electrons. The van der Waals surface area contributed by atoms with Crippen LogP contribution >= 0.6 is 0 Å². The predicted octanol–water partition coefficient (Wildman–Crippen LogP) is 4.71. The molecule has 3 heteroatoms. The van der Waals surface area contributed by atoms with Gasteiger partial charge in [0.25, 0.3) is 0 Å². The second-order valence-corrected chi connectivity index (χ2v) is 6.08. The third-order valence-corrected chi connectivity index (χ3v) is 4.48. The molecule has 1 N–H and O–H groups in total. The Bertz CT molecular complexity index is 984. The van der Waals surface area contributed by atoms with Crippen LogP contribution in [0.25, 0.3) is 10.9 Å². The highest BCUT2D eigenvalue weighted by Crippen LogP contribution is 2.36. The van der Waals surface area contributed by atoms with Crippen molar-refractivity contribution in [2.75, 3.05) is 0 Å². The van der Waals surface area contributed by atoms with Crippen LogP contribution in [-0.2, 0) is 6.42 Å². The Balaban J connectivity index is 1.85. The molecule has 2 heterocycles. The number of fused-ring (bicyclic) bond motifs is 1. The van der Waals surface area contributed by atoms with Crippen LogP contribution in [0.2, 0.25) is 0 Å². The molecule has 2 aromatic carbocycles. The topological polar surface area (TPSA) is 46.0 Å². The fourth-order valence-corrected chi connectivity index (χ4v) is 3.23. The molecule has 4 aromatic rings. The zero-order valence-corrected chi connectivity index (χ0v) is 13.7. The zero-order valence-electron chi connectivity index (χ0n) is 13.7. The van der Waals surface area contributed by atoms with Gasteiger partial charge in [0.2, 0.25) is 0 Å². The summed E-state index contributed by atoms with van der Waals surface area (Å²) in [7, 11) is 0. The number of phenols is 1. The van der Waals surface area contributed by atoms with Crippen LogP contribution < -0.4 is 0 Å². The van der Waals surface area contributed by atoms with Gasteiger partial charge in [0.15, 0.2) is 0 Å². The Morgan fingerprint density at radius 1 is 0.760 bits per heavy atom. The summed E-state index contributed by atoms with van der Waals surface area (Å²) in [5.41, 5.74) is 3.64. The lowest BCUT2D eigenvalue weighted by Crippen LogP contribution is -2.07. The van der Waals surface area contributed by atoms with E-state index >= 15 is 0 Å². The van der Waals surface area contributed by atoms with Crippen LogP contribution in [0.3, 0.4) is 0 Å². The summed E-state index contributed by atoms with van der Waals surface area (Å²) >= 11 is 0. The van der Waals surface area contributed by atoms with Gasteiger partial charge in [0, 0.05) is 35.0 Å². The molecule has 0 amide bonds. The maximum absolute atomic E-state index is 10.9. The zero-order chi connectivity index (χ0) is 17.1. The lowest BCUT2D eigenvalue weighted by molar-refractivity contribution is 0.469. The Morgan fingerprint density at radius 3 is 2.36 bits per heavy atom. The van der Waals surface area contributed by atoms with Crippen LogP contribution in [0.4, 0.5) is 0 Å². The summed E-state index contributed by atoms with van der Waals surface area (Å²) in [6.45, 7) is 0. The number of rotatable bonds is 4.